The van der Waals surface area contributed by atoms with Crippen LogP contribution in [0.2, 0.25) is 0 Å². The maximum atomic E-state index is 13.0. The van der Waals surface area contributed by atoms with Crippen LogP contribution in [0, 0.1) is 0 Å². The molecule has 3 aromatic rings. The van der Waals surface area contributed by atoms with Crippen molar-refractivity contribution in [3.63, 3.8) is 0 Å². The Morgan fingerprint density at radius 1 is 1.15 bits per heavy atom. The van der Waals surface area contributed by atoms with E-state index in [0.29, 0.717) is 17.2 Å². The van der Waals surface area contributed by atoms with Crippen LogP contribution < -0.4 is 4.90 Å². The van der Waals surface area contributed by atoms with Gasteiger partial charge in [0.05, 0.1) is 23.3 Å². The number of amides is 1. The molecule has 1 aliphatic heterocycles. The van der Waals surface area contributed by atoms with Gasteiger partial charge in [-0.1, -0.05) is 36.0 Å². The number of pyridine rings is 1. The first-order valence-corrected chi connectivity index (χ1v) is 11.3. The number of nitrogens with zero attached hydrogens (tertiary/aromatic N) is 4. The fourth-order valence-electron chi connectivity index (χ4n) is 3.24. The average molecular weight is 403 g/mol. The van der Waals surface area contributed by atoms with Gasteiger partial charge in [-0.15, -0.1) is 10.2 Å². The molecule has 2 aromatic heterocycles. The van der Waals surface area contributed by atoms with Crippen molar-refractivity contribution in [2.75, 3.05) is 22.2 Å². The molecule has 1 saturated heterocycles. The second kappa shape index (κ2) is 7.32. The molecule has 0 radical (unpaired) electrons. The number of benzene rings is 1. The molecular formula is C18H18N4O3S2. The Hall–Kier alpha value is -2.39. The third-order valence-corrected chi connectivity index (χ3v) is 7.16. The smallest absolute Gasteiger partial charge is 0.237 e. The predicted molar refractivity (Wildman–Crippen MR) is 105 cm³/mol. The number of sulfone groups is 1. The molecule has 140 valence electrons. The monoisotopic (exact) mass is 402 g/mol. The highest BCUT2D eigenvalue weighted by atomic mass is 32.2. The van der Waals surface area contributed by atoms with Gasteiger partial charge in [0.25, 0.3) is 0 Å². The predicted octanol–water partition coefficient (Wildman–Crippen LogP) is 2.04. The topological polar surface area (TPSA) is 84.6 Å². The van der Waals surface area contributed by atoms with E-state index in [1.54, 1.807) is 4.90 Å². The number of rotatable bonds is 5. The van der Waals surface area contributed by atoms with E-state index in [9.17, 15) is 13.2 Å². The Morgan fingerprint density at radius 3 is 2.67 bits per heavy atom. The van der Waals surface area contributed by atoms with Gasteiger partial charge in [-0.25, -0.2) is 8.42 Å². The van der Waals surface area contributed by atoms with Crippen LogP contribution in [0.25, 0.3) is 5.65 Å². The molecule has 0 saturated carbocycles. The highest BCUT2D eigenvalue weighted by Gasteiger charge is 2.35. The Labute approximate surface area is 161 Å². The summed E-state index contributed by atoms with van der Waals surface area (Å²) in [5.74, 6) is 0.143. The molecule has 0 spiro atoms. The molecule has 0 aliphatic carbocycles. The van der Waals surface area contributed by atoms with E-state index in [4.69, 9.17) is 0 Å². The van der Waals surface area contributed by atoms with Crippen molar-refractivity contribution in [3.05, 3.63) is 54.7 Å². The summed E-state index contributed by atoms with van der Waals surface area (Å²) >= 11 is 1.30. The minimum absolute atomic E-state index is 0.00612. The summed E-state index contributed by atoms with van der Waals surface area (Å²) in [5.41, 5.74) is 1.44. The minimum Gasteiger partial charge on any atom is -0.308 e. The van der Waals surface area contributed by atoms with Gasteiger partial charge < -0.3 is 4.90 Å². The summed E-state index contributed by atoms with van der Waals surface area (Å²) in [6.45, 7) is 0. The van der Waals surface area contributed by atoms with Crippen LogP contribution in [-0.4, -0.2) is 52.2 Å². The number of fused-ring (bicyclic) bond motifs is 1. The highest BCUT2D eigenvalue weighted by molar-refractivity contribution is 7.99. The minimum atomic E-state index is -3.10. The molecule has 0 N–H and O–H groups in total. The highest BCUT2D eigenvalue weighted by Crippen LogP contribution is 2.26. The van der Waals surface area contributed by atoms with Crippen LogP contribution in [0.1, 0.15) is 6.42 Å². The Balaban J connectivity index is 1.55. The largest absolute Gasteiger partial charge is 0.308 e. The normalized spacial score (nSPS) is 18.6. The van der Waals surface area contributed by atoms with Crippen LogP contribution in [0.3, 0.4) is 0 Å². The number of thioether (sulfide) groups is 1. The van der Waals surface area contributed by atoms with Gasteiger partial charge in [-0.3, -0.25) is 9.20 Å². The third kappa shape index (κ3) is 3.84. The molecule has 1 atom stereocenters. The van der Waals surface area contributed by atoms with Gasteiger partial charge >= 0.3 is 0 Å². The molecule has 9 heteroatoms. The first kappa shape index (κ1) is 18.0. The van der Waals surface area contributed by atoms with Crippen LogP contribution in [-0.2, 0) is 14.6 Å². The summed E-state index contributed by atoms with van der Waals surface area (Å²) in [7, 11) is -3.10. The number of hydrogen-bond donors (Lipinski definition) is 0. The molecule has 1 amide bonds. The van der Waals surface area contributed by atoms with Crippen molar-refractivity contribution in [2.45, 2.75) is 17.6 Å². The fraction of sp³-hybridized carbons (Fsp3) is 0.278. The van der Waals surface area contributed by atoms with Crippen molar-refractivity contribution in [2.24, 2.45) is 0 Å². The van der Waals surface area contributed by atoms with Gasteiger partial charge in [-0.05, 0) is 30.7 Å². The molecule has 1 aromatic carbocycles. The number of hydrogen-bond acceptors (Lipinski definition) is 6. The molecule has 7 nitrogen and oxygen atoms in total. The first-order valence-electron chi connectivity index (χ1n) is 8.54. The standard InChI is InChI=1S/C18H18N4O3S2/c23-17(12-26-18-20-19-16-8-4-5-10-21(16)18)22(14-6-2-1-3-7-14)15-9-11-27(24,25)13-15/h1-8,10,15H,9,11-13H2/t15-/m1/s1. The second-order valence-electron chi connectivity index (χ2n) is 6.36. The van der Waals surface area contributed by atoms with E-state index in [1.807, 2.05) is 59.1 Å². The van der Waals surface area contributed by atoms with Gasteiger partial charge in [0.15, 0.2) is 20.6 Å². The summed E-state index contributed by atoms with van der Waals surface area (Å²) in [4.78, 5) is 14.7. The number of para-hydroxylation sites is 1. The van der Waals surface area contributed by atoms with Crippen LogP contribution in [0.5, 0.6) is 0 Å². The SMILES string of the molecule is O=C(CSc1nnc2ccccn12)N(c1ccccc1)[C@@H]1CCS(=O)(=O)C1. The Bertz CT molecular complexity index is 1070. The Kier molecular flexibility index (Phi) is 4.88. The quantitative estimate of drug-likeness (QED) is 0.607. The summed E-state index contributed by atoms with van der Waals surface area (Å²) in [6, 6.07) is 14.5. The van der Waals surface area contributed by atoms with E-state index < -0.39 is 9.84 Å². The lowest BCUT2D eigenvalue weighted by Gasteiger charge is -2.28. The lowest BCUT2D eigenvalue weighted by atomic mass is 10.2. The number of anilines is 1. The van der Waals surface area contributed by atoms with Crippen LogP contribution in [0.4, 0.5) is 5.69 Å². The van der Waals surface area contributed by atoms with Crippen molar-refractivity contribution in [1.29, 1.82) is 0 Å². The molecule has 4 rings (SSSR count). The first-order chi connectivity index (χ1) is 13.0. The maximum absolute atomic E-state index is 13.0. The van der Waals surface area contributed by atoms with E-state index >= 15 is 0 Å². The summed E-state index contributed by atoms with van der Waals surface area (Å²) < 4.78 is 25.7. The van der Waals surface area contributed by atoms with Gasteiger partial charge in [-0.2, -0.15) is 0 Å². The molecular weight excluding hydrogens is 384 g/mol. The summed E-state index contributed by atoms with van der Waals surface area (Å²) in [5, 5.41) is 8.84. The van der Waals surface area contributed by atoms with Gasteiger partial charge in [0.2, 0.25) is 5.91 Å². The zero-order valence-electron chi connectivity index (χ0n) is 14.4. The zero-order chi connectivity index (χ0) is 18.9. The Morgan fingerprint density at radius 2 is 1.93 bits per heavy atom. The molecule has 27 heavy (non-hydrogen) atoms. The third-order valence-electron chi connectivity index (χ3n) is 4.48. The van der Waals surface area contributed by atoms with Gasteiger partial charge in [0.1, 0.15) is 0 Å². The van der Waals surface area contributed by atoms with Gasteiger partial charge in [0, 0.05) is 11.9 Å². The van der Waals surface area contributed by atoms with E-state index in [-0.39, 0.29) is 29.2 Å². The molecule has 3 heterocycles. The van der Waals surface area contributed by atoms with Crippen LogP contribution >= 0.6 is 11.8 Å². The summed E-state index contributed by atoms with van der Waals surface area (Å²) in [6.07, 6.45) is 2.31. The maximum Gasteiger partial charge on any atom is 0.237 e. The second-order valence-corrected chi connectivity index (χ2v) is 9.53. The van der Waals surface area contributed by atoms with Crippen molar-refractivity contribution < 1.29 is 13.2 Å². The fourth-order valence-corrected chi connectivity index (χ4v) is 5.72. The van der Waals surface area contributed by atoms with Crippen LogP contribution in [0.15, 0.2) is 59.9 Å². The lowest BCUT2D eigenvalue weighted by Crippen LogP contribution is -2.42. The molecule has 0 bridgehead atoms. The molecule has 1 aliphatic rings. The molecule has 0 unspecified atom stereocenters. The average Bonchev–Trinajstić information content (AvgIpc) is 3.24. The van der Waals surface area contributed by atoms with E-state index in [0.717, 1.165) is 5.69 Å². The zero-order valence-corrected chi connectivity index (χ0v) is 16.1. The number of carbonyl (C=O) groups excluding carboxylic acids is 1. The number of carbonyl (C=O) groups is 1. The molecule has 1 fully saturated rings. The van der Waals surface area contributed by atoms with E-state index in [1.165, 1.54) is 11.8 Å². The van der Waals surface area contributed by atoms with Crippen molar-refractivity contribution >= 4 is 38.8 Å². The van der Waals surface area contributed by atoms with Crippen molar-refractivity contribution in [3.8, 4) is 0 Å². The number of aromatic nitrogens is 3. The van der Waals surface area contributed by atoms with Crippen molar-refractivity contribution in [1.82, 2.24) is 14.6 Å². The van der Waals surface area contributed by atoms with E-state index in [2.05, 4.69) is 10.2 Å². The lowest BCUT2D eigenvalue weighted by molar-refractivity contribution is -0.116.